The lowest BCUT2D eigenvalue weighted by molar-refractivity contribution is 0.137. The molecule has 2 aromatic rings. The normalized spacial score (nSPS) is 19.5. The summed E-state index contributed by atoms with van der Waals surface area (Å²) in [5.74, 6) is 1.66. The number of aromatic nitrogens is 4. The molecule has 0 spiro atoms. The zero-order valence-electron chi connectivity index (χ0n) is 15.4. The minimum Gasteiger partial charge on any atom is -0.303 e. The minimum atomic E-state index is -2.94. The Balaban J connectivity index is 1.89. The average Bonchev–Trinajstić information content (AvgIpc) is 3.09. The van der Waals surface area contributed by atoms with Crippen LogP contribution in [0.1, 0.15) is 20.3 Å². The molecule has 7 nitrogen and oxygen atoms in total. The summed E-state index contributed by atoms with van der Waals surface area (Å²) < 4.78 is 28.1. The first-order valence-corrected chi connectivity index (χ1v) is 11.0. The van der Waals surface area contributed by atoms with Crippen LogP contribution >= 0.6 is 12.2 Å². The summed E-state index contributed by atoms with van der Waals surface area (Å²) in [6, 6.07) is 3.84. The van der Waals surface area contributed by atoms with Crippen LogP contribution in [0, 0.1) is 10.7 Å². The molecule has 3 heterocycles. The highest BCUT2D eigenvalue weighted by molar-refractivity contribution is 7.91. The first-order valence-electron chi connectivity index (χ1n) is 8.75. The van der Waals surface area contributed by atoms with Gasteiger partial charge >= 0.3 is 0 Å². The summed E-state index contributed by atoms with van der Waals surface area (Å²) >= 11 is 5.56. The molecule has 142 valence electrons. The van der Waals surface area contributed by atoms with Gasteiger partial charge in [0, 0.05) is 37.6 Å². The second-order valence-electron chi connectivity index (χ2n) is 7.27. The van der Waals surface area contributed by atoms with Crippen LogP contribution in [0.2, 0.25) is 0 Å². The van der Waals surface area contributed by atoms with Gasteiger partial charge in [0.05, 0.1) is 18.2 Å². The van der Waals surface area contributed by atoms with E-state index < -0.39 is 9.84 Å². The Labute approximate surface area is 159 Å². The van der Waals surface area contributed by atoms with Crippen molar-refractivity contribution < 1.29 is 8.42 Å². The van der Waals surface area contributed by atoms with Crippen LogP contribution in [-0.2, 0) is 23.6 Å². The minimum absolute atomic E-state index is 0.0214. The molecule has 26 heavy (non-hydrogen) atoms. The molecular formula is C17H25N5O2S2. The van der Waals surface area contributed by atoms with Crippen molar-refractivity contribution in [3.05, 3.63) is 29.3 Å². The van der Waals surface area contributed by atoms with Crippen LogP contribution in [0.5, 0.6) is 0 Å². The number of hydrogen-bond acceptors (Lipinski definition) is 6. The van der Waals surface area contributed by atoms with E-state index in [0.29, 0.717) is 23.8 Å². The first kappa shape index (κ1) is 19.2. The van der Waals surface area contributed by atoms with E-state index in [1.807, 2.05) is 23.7 Å². The van der Waals surface area contributed by atoms with E-state index in [2.05, 4.69) is 28.8 Å². The highest BCUT2D eigenvalue weighted by Gasteiger charge is 2.33. The van der Waals surface area contributed by atoms with Crippen LogP contribution in [0.15, 0.2) is 24.5 Å². The third kappa shape index (κ3) is 4.21. The van der Waals surface area contributed by atoms with Gasteiger partial charge < -0.3 is 4.57 Å². The Morgan fingerprint density at radius 1 is 1.42 bits per heavy atom. The van der Waals surface area contributed by atoms with Crippen LogP contribution in [0.3, 0.4) is 0 Å². The van der Waals surface area contributed by atoms with E-state index in [4.69, 9.17) is 12.2 Å². The Kier molecular flexibility index (Phi) is 5.59. The molecule has 0 aliphatic carbocycles. The summed E-state index contributed by atoms with van der Waals surface area (Å²) in [6.07, 6.45) is 4.15. The predicted octanol–water partition coefficient (Wildman–Crippen LogP) is 2.12. The summed E-state index contributed by atoms with van der Waals surface area (Å²) in [5, 5.41) is 4.68. The molecule has 9 heteroatoms. The van der Waals surface area contributed by atoms with Crippen LogP contribution in [-0.4, -0.2) is 56.7 Å². The highest BCUT2D eigenvalue weighted by Crippen LogP contribution is 2.21. The second kappa shape index (κ2) is 7.58. The molecular weight excluding hydrogens is 370 g/mol. The SMILES string of the molecule is CC(C)CN(Cn1nc(-c2cccnc2)n(C)c1=S)C1CCS(=O)(=O)C1. The van der Waals surface area contributed by atoms with Gasteiger partial charge in [0.2, 0.25) is 0 Å². The van der Waals surface area contributed by atoms with E-state index in [9.17, 15) is 8.42 Å². The van der Waals surface area contributed by atoms with Gasteiger partial charge in [-0.15, -0.1) is 0 Å². The standard InChI is InChI=1S/C17H25N5O2S2/c1-13(2)10-21(15-6-8-26(23,24)11-15)12-22-17(25)20(3)16(19-22)14-5-4-7-18-9-14/h4-5,7,9,13,15H,6,8,10-12H2,1-3H3. The lowest BCUT2D eigenvalue weighted by Gasteiger charge is -2.29. The number of sulfone groups is 1. The number of rotatable bonds is 6. The first-order chi connectivity index (χ1) is 12.3. The number of nitrogens with zero attached hydrogens (tertiary/aromatic N) is 5. The van der Waals surface area contributed by atoms with E-state index in [0.717, 1.165) is 17.9 Å². The fraction of sp³-hybridized carbons (Fsp3) is 0.588. The van der Waals surface area contributed by atoms with Crippen LogP contribution in [0.25, 0.3) is 11.4 Å². The molecule has 3 rings (SSSR count). The summed E-state index contributed by atoms with van der Waals surface area (Å²) in [6.45, 7) is 5.57. The van der Waals surface area contributed by atoms with Crippen molar-refractivity contribution in [1.29, 1.82) is 0 Å². The molecule has 1 unspecified atom stereocenters. The molecule has 0 saturated carbocycles. The lowest BCUT2D eigenvalue weighted by Crippen LogP contribution is -2.40. The fourth-order valence-corrected chi connectivity index (χ4v) is 5.30. The molecule has 0 radical (unpaired) electrons. The van der Waals surface area contributed by atoms with Gasteiger partial charge in [-0.3, -0.25) is 9.88 Å². The molecule has 0 bridgehead atoms. The lowest BCUT2D eigenvalue weighted by atomic mass is 10.1. The zero-order chi connectivity index (χ0) is 18.9. The number of pyridine rings is 1. The molecule has 1 aliphatic rings. The summed E-state index contributed by atoms with van der Waals surface area (Å²) in [7, 11) is -1.05. The van der Waals surface area contributed by atoms with E-state index >= 15 is 0 Å². The second-order valence-corrected chi connectivity index (χ2v) is 9.86. The molecule has 1 fully saturated rings. The van der Waals surface area contributed by atoms with Crippen LogP contribution < -0.4 is 0 Å². The van der Waals surface area contributed by atoms with Crippen molar-refractivity contribution >= 4 is 22.1 Å². The Morgan fingerprint density at radius 3 is 2.77 bits per heavy atom. The van der Waals surface area contributed by atoms with Crippen molar-refractivity contribution in [1.82, 2.24) is 24.2 Å². The highest BCUT2D eigenvalue weighted by atomic mass is 32.2. The Bertz CT molecular complexity index is 918. The summed E-state index contributed by atoms with van der Waals surface area (Å²) in [5.41, 5.74) is 0.902. The van der Waals surface area contributed by atoms with E-state index in [1.165, 1.54) is 0 Å². The summed E-state index contributed by atoms with van der Waals surface area (Å²) in [4.78, 5) is 6.35. The van der Waals surface area contributed by atoms with Gasteiger partial charge in [-0.05, 0) is 36.7 Å². The van der Waals surface area contributed by atoms with Gasteiger partial charge in [-0.25, -0.2) is 13.1 Å². The molecule has 0 amide bonds. The van der Waals surface area contributed by atoms with Gasteiger partial charge in [0.25, 0.3) is 0 Å². The van der Waals surface area contributed by atoms with E-state index in [-0.39, 0.29) is 17.5 Å². The molecule has 1 aliphatic heterocycles. The van der Waals surface area contributed by atoms with E-state index in [1.54, 1.807) is 17.1 Å². The third-order valence-electron chi connectivity index (χ3n) is 4.60. The maximum absolute atomic E-state index is 11.9. The van der Waals surface area contributed by atoms with Crippen molar-refractivity contribution in [3.63, 3.8) is 0 Å². The van der Waals surface area contributed by atoms with Crippen LogP contribution in [0.4, 0.5) is 0 Å². The maximum Gasteiger partial charge on any atom is 0.199 e. The Hall–Kier alpha value is -1.58. The molecule has 2 aromatic heterocycles. The Morgan fingerprint density at radius 2 is 2.19 bits per heavy atom. The molecule has 0 N–H and O–H groups in total. The monoisotopic (exact) mass is 395 g/mol. The van der Waals surface area contributed by atoms with Gasteiger partial charge in [-0.1, -0.05) is 13.8 Å². The van der Waals surface area contributed by atoms with Gasteiger partial charge in [0.15, 0.2) is 20.4 Å². The maximum atomic E-state index is 11.9. The topological polar surface area (TPSA) is 73.0 Å². The smallest absolute Gasteiger partial charge is 0.199 e. The van der Waals surface area contributed by atoms with Crippen molar-refractivity contribution in [2.45, 2.75) is 33.0 Å². The van der Waals surface area contributed by atoms with Gasteiger partial charge in [-0.2, -0.15) is 5.10 Å². The quantitative estimate of drug-likeness (QED) is 0.698. The predicted molar refractivity (Wildman–Crippen MR) is 104 cm³/mol. The number of hydrogen-bond donors (Lipinski definition) is 0. The van der Waals surface area contributed by atoms with Crippen molar-refractivity contribution in [2.24, 2.45) is 13.0 Å². The molecule has 1 saturated heterocycles. The largest absolute Gasteiger partial charge is 0.303 e. The zero-order valence-corrected chi connectivity index (χ0v) is 17.0. The van der Waals surface area contributed by atoms with Crippen molar-refractivity contribution in [3.8, 4) is 11.4 Å². The van der Waals surface area contributed by atoms with Gasteiger partial charge in [0.1, 0.15) is 0 Å². The average molecular weight is 396 g/mol. The molecule has 0 aromatic carbocycles. The fourth-order valence-electron chi connectivity index (χ4n) is 3.35. The third-order valence-corrected chi connectivity index (χ3v) is 6.84. The molecule has 1 atom stereocenters. The van der Waals surface area contributed by atoms with Crippen molar-refractivity contribution in [2.75, 3.05) is 18.1 Å².